The predicted molar refractivity (Wildman–Crippen MR) is 63.2 cm³/mol. The summed E-state index contributed by atoms with van der Waals surface area (Å²) in [5.41, 5.74) is 0. The molecule has 78 valence electrons. The van der Waals surface area contributed by atoms with E-state index in [-0.39, 0.29) is 0 Å². The van der Waals surface area contributed by atoms with Crippen LogP contribution >= 0.6 is 11.8 Å². The Kier molecular flexibility index (Phi) is 4.64. The minimum Gasteiger partial charge on any atom is -0.162 e. The average molecular weight is 200 g/mol. The first-order chi connectivity index (χ1) is 6.11. The monoisotopic (exact) mass is 200 g/mol. The zero-order chi connectivity index (χ0) is 9.84. The van der Waals surface area contributed by atoms with Crippen LogP contribution in [0.15, 0.2) is 0 Å². The molecule has 1 saturated heterocycles. The molecule has 1 heterocycles. The second-order valence-corrected chi connectivity index (χ2v) is 6.26. The van der Waals surface area contributed by atoms with Crippen molar-refractivity contribution in [2.75, 3.05) is 11.5 Å². The third-order valence-corrected chi connectivity index (χ3v) is 4.64. The summed E-state index contributed by atoms with van der Waals surface area (Å²) >= 11 is 2.17. The Morgan fingerprint density at radius 3 is 2.15 bits per heavy atom. The van der Waals surface area contributed by atoms with Crippen molar-refractivity contribution in [3.63, 3.8) is 0 Å². The van der Waals surface area contributed by atoms with Crippen molar-refractivity contribution in [1.82, 2.24) is 0 Å². The number of thioether (sulfide) groups is 1. The maximum atomic E-state index is 2.39. The molecular weight excluding hydrogens is 176 g/mol. The molecule has 0 spiro atoms. The van der Waals surface area contributed by atoms with Crippen LogP contribution in [0.2, 0.25) is 0 Å². The summed E-state index contributed by atoms with van der Waals surface area (Å²) in [7, 11) is 0. The Morgan fingerprint density at radius 2 is 1.62 bits per heavy atom. The van der Waals surface area contributed by atoms with Gasteiger partial charge in [-0.25, -0.2) is 0 Å². The molecule has 0 radical (unpaired) electrons. The van der Waals surface area contributed by atoms with Gasteiger partial charge in [-0.05, 0) is 48.0 Å². The van der Waals surface area contributed by atoms with E-state index in [1.165, 1.54) is 24.3 Å². The van der Waals surface area contributed by atoms with Gasteiger partial charge in [-0.1, -0.05) is 27.7 Å². The third-order valence-electron chi connectivity index (χ3n) is 3.46. The molecule has 0 aliphatic carbocycles. The second-order valence-electron chi connectivity index (χ2n) is 5.11. The van der Waals surface area contributed by atoms with Crippen molar-refractivity contribution >= 4 is 11.8 Å². The van der Waals surface area contributed by atoms with Gasteiger partial charge >= 0.3 is 0 Å². The Morgan fingerprint density at radius 1 is 1.00 bits per heavy atom. The van der Waals surface area contributed by atoms with Gasteiger partial charge in [-0.2, -0.15) is 11.8 Å². The second kappa shape index (κ2) is 5.29. The molecular formula is C12H24S. The highest BCUT2D eigenvalue weighted by Gasteiger charge is 2.24. The highest BCUT2D eigenvalue weighted by atomic mass is 32.2. The van der Waals surface area contributed by atoms with Crippen molar-refractivity contribution in [3.8, 4) is 0 Å². The summed E-state index contributed by atoms with van der Waals surface area (Å²) in [5.74, 6) is 6.53. The fraction of sp³-hybridized carbons (Fsp3) is 1.00. The molecule has 1 rings (SSSR count). The largest absolute Gasteiger partial charge is 0.162 e. The lowest BCUT2D eigenvalue weighted by Crippen LogP contribution is -2.17. The highest BCUT2D eigenvalue weighted by Crippen LogP contribution is 2.34. The van der Waals surface area contributed by atoms with Crippen LogP contribution in [-0.4, -0.2) is 11.5 Å². The molecule has 0 aromatic carbocycles. The number of hydrogen-bond donors (Lipinski definition) is 0. The third kappa shape index (κ3) is 3.53. The Bertz CT molecular complexity index is 124. The van der Waals surface area contributed by atoms with E-state index in [4.69, 9.17) is 0 Å². The number of rotatable bonds is 2. The van der Waals surface area contributed by atoms with Crippen molar-refractivity contribution in [2.24, 2.45) is 23.7 Å². The fourth-order valence-corrected chi connectivity index (χ4v) is 3.57. The molecule has 0 aromatic heterocycles. The standard InChI is InChI=1S/C12H24S/c1-9(2)11-5-6-13-8-12(7-11)10(3)4/h9-12H,5-8H2,1-4H3. The first-order valence-corrected chi connectivity index (χ1v) is 6.84. The summed E-state index contributed by atoms with van der Waals surface area (Å²) in [6.45, 7) is 9.54. The Labute approximate surface area is 87.9 Å². The van der Waals surface area contributed by atoms with E-state index >= 15 is 0 Å². The average Bonchev–Trinajstić information content (AvgIpc) is 2.28. The van der Waals surface area contributed by atoms with Crippen molar-refractivity contribution in [1.29, 1.82) is 0 Å². The molecule has 0 aromatic rings. The highest BCUT2D eigenvalue weighted by molar-refractivity contribution is 7.99. The van der Waals surface area contributed by atoms with Crippen LogP contribution in [0.3, 0.4) is 0 Å². The van der Waals surface area contributed by atoms with Crippen LogP contribution in [0.4, 0.5) is 0 Å². The quantitative estimate of drug-likeness (QED) is 0.648. The van der Waals surface area contributed by atoms with Crippen molar-refractivity contribution in [2.45, 2.75) is 40.5 Å². The molecule has 0 bridgehead atoms. The van der Waals surface area contributed by atoms with E-state index in [1.54, 1.807) is 0 Å². The molecule has 0 amide bonds. The molecule has 1 aliphatic heterocycles. The Hall–Kier alpha value is 0.350. The zero-order valence-electron chi connectivity index (χ0n) is 9.55. The smallest absolute Gasteiger partial charge is 0.00366 e. The lowest BCUT2D eigenvalue weighted by atomic mass is 9.81. The molecule has 1 aliphatic rings. The molecule has 1 heteroatoms. The predicted octanol–water partition coefficient (Wildman–Crippen LogP) is 4.06. The zero-order valence-corrected chi connectivity index (χ0v) is 10.4. The topological polar surface area (TPSA) is 0 Å². The van der Waals surface area contributed by atoms with Gasteiger partial charge in [0.1, 0.15) is 0 Å². The molecule has 2 unspecified atom stereocenters. The van der Waals surface area contributed by atoms with Gasteiger partial charge in [0.2, 0.25) is 0 Å². The van der Waals surface area contributed by atoms with Gasteiger partial charge in [0, 0.05) is 0 Å². The summed E-state index contributed by atoms with van der Waals surface area (Å²) in [4.78, 5) is 0. The van der Waals surface area contributed by atoms with Crippen LogP contribution in [0.1, 0.15) is 40.5 Å². The first kappa shape index (κ1) is 11.4. The van der Waals surface area contributed by atoms with Crippen molar-refractivity contribution < 1.29 is 0 Å². The lowest BCUT2D eigenvalue weighted by Gasteiger charge is -2.24. The molecule has 13 heavy (non-hydrogen) atoms. The van der Waals surface area contributed by atoms with E-state index in [1.807, 2.05) is 0 Å². The molecule has 0 saturated carbocycles. The van der Waals surface area contributed by atoms with Crippen LogP contribution < -0.4 is 0 Å². The molecule has 1 fully saturated rings. The molecule has 0 nitrogen and oxygen atoms in total. The normalized spacial score (nSPS) is 30.9. The SMILES string of the molecule is CC(C)C1CCSCC(C(C)C)C1. The van der Waals surface area contributed by atoms with Crippen LogP contribution in [-0.2, 0) is 0 Å². The summed E-state index contributed by atoms with van der Waals surface area (Å²) in [6, 6.07) is 0. The van der Waals surface area contributed by atoms with Gasteiger partial charge < -0.3 is 0 Å². The van der Waals surface area contributed by atoms with E-state index in [2.05, 4.69) is 39.5 Å². The molecule has 0 N–H and O–H groups in total. The molecule has 2 atom stereocenters. The minimum absolute atomic E-state index is 0.881. The van der Waals surface area contributed by atoms with E-state index in [9.17, 15) is 0 Å². The Balaban J connectivity index is 2.49. The maximum absolute atomic E-state index is 2.39. The van der Waals surface area contributed by atoms with Crippen molar-refractivity contribution in [3.05, 3.63) is 0 Å². The van der Waals surface area contributed by atoms with Crippen LogP contribution in [0, 0.1) is 23.7 Å². The van der Waals surface area contributed by atoms with Gasteiger partial charge in [0.05, 0.1) is 0 Å². The lowest BCUT2D eigenvalue weighted by molar-refractivity contribution is 0.270. The van der Waals surface area contributed by atoms with Gasteiger partial charge in [-0.3, -0.25) is 0 Å². The van der Waals surface area contributed by atoms with Gasteiger partial charge in [0.25, 0.3) is 0 Å². The fourth-order valence-electron chi connectivity index (χ4n) is 2.11. The summed E-state index contributed by atoms with van der Waals surface area (Å²) < 4.78 is 0. The number of hydrogen-bond acceptors (Lipinski definition) is 1. The first-order valence-electron chi connectivity index (χ1n) is 5.69. The summed E-state index contributed by atoms with van der Waals surface area (Å²) in [5, 5.41) is 0. The minimum atomic E-state index is 0.881. The van der Waals surface area contributed by atoms with Crippen LogP contribution in [0.25, 0.3) is 0 Å². The maximum Gasteiger partial charge on any atom is -0.00366 e. The van der Waals surface area contributed by atoms with E-state index < -0.39 is 0 Å². The van der Waals surface area contributed by atoms with E-state index in [0.29, 0.717) is 0 Å². The van der Waals surface area contributed by atoms with Gasteiger partial charge in [0.15, 0.2) is 0 Å². The van der Waals surface area contributed by atoms with Crippen LogP contribution in [0.5, 0.6) is 0 Å². The van der Waals surface area contributed by atoms with E-state index in [0.717, 1.165) is 23.7 Å². The summed E-state index contributed by atoms with van der Waals surface area (Å²) in [6.07, 6.45) is 2.92. The van der Waals surface area contributed by atoms with Gasteiger partial charge in [-0.15, -0.1) is 0 Å².